The number of carboxylic acid groups (broad SMARTS) is 1. The first-order valence-corrected chi connectivity index (χ1v) is 14.0. The molecule has 4 aromatic carbocycles. The predicted octanol–water partition coefficient (Wildman–Crippen LogP) is 7.81. The van der Waals surface area contributed by atoms with Crippen LogP contribution in [0, 0.1) is 0 Å². The highest BCUT2D eigenvalue weighted by Crippen LogP contribution is 2.34. The van der Waals surface area contributed by atoms with E-state index in [1.165, 1.54) is 4.90 Å². The normalized spacial score (nSPS) is 17.8. The zero-order valence-corrected chi connectivity index (χ0v) is 23.0. The fourth-order valence-electron chi connectivity index (χ4n) is 5.41. The average Bonchev–Trinajstić information content (AvgIpc) is 3.00. The molecule has 0 radical (unpaired) electrons. The maximum Gasteiger partial charge on any atom is 0.412 e. The summed E-state index contributed by atoms with van der Waals surface area (Å²) in [7, 11) is 0. The van der Waals surface area contributed by atoms with E-state index in [0.29, 0.717) is 26.0 Å². The van der Waals surface area contributed by atoms with Crippen molar-refractivity contribution in [3.8, 4) is 11.1 Å². The highest BCUT2D eigenvalue weighted by molar-refractivity contribution is 5.89. The van der Waals surface area contributed by atoms with Crippen LogP contribution in [0.4, 0.5) is 9.18 Å². The van der Waals surface area contributed by atoms with Gasteiger partial charge in [-0.1, -0.05) is 79.7 Å². The van der Waals surface area contributed by atoms with E-state index >= 15 is 0 Å². The third kappa shape index (κ3) is 6.92. The summed E-state index contributed by atoms with van der Waals surface area (Å²) < 4.78 is 25.6. The van der Waals surface area contributed by atoms with Crippen molar-refractivity contribution in [3.63, 3.8) is 0 Å². The molecule has 1 heterocycles. The predicted molar refractivity (Wildman–Crippen MR) is 157 cm³/mol. The molecule has 1 amide bonds. The van der Waals surface area contributed by atoms with Crippen molar-refractivity contribution >= 4 is 22.8 Å². The van der Waals surface area contributed by atoms with E-state index in [2.05, 4.69) is 30.3 Å². The van der Waals surface area contributed by atoms with Crippen molar-refractivity contribution in [1.29, 1.82) is 0 Å². The number of rotatable bonds is 9. The molecule has 7 heteroatoms. The van der Waals surface area contributed by atoms with Gasteiger partial charge in [-0.05, 0) is 64.1 Å². The van der Waals surface area contributed by atoms with E-state index in [4.69, 9.17) is 9.47 Å². The molecule has 1 N–H and O–H groups in total. The van der Waals surface area contributed by atoms with E-state index in [1.807, 2.05) is 49.4 Å². The number of halogens is 1. The molecular formula is C34H34FNO5. The highest BCUT2D eigenvalue weighted by atomic mass is 19.1. The van der Waals surface area contributed by atoms with Crippen LogP contribution in [0.15, 0.2) is 91.0 Å². The molecule has 0 spiro atoms. The molecule has 4 aromatic rings. The van der Waals surface area contributed by atoms with Crippen LogP contribution in [-0.2, 0) is 16.1 Å². The topological polar surface area (TPSA) is 76.1 Å². The van der Waals surface area contributed by atoms with Gasteiger partial charge in [0.15, 0.2) is 0 Å². The van der Waals surface area contributed by atoms with E-state index in [0.717, 1.165) is 33.0 Å². The van der Waals surface area contributed by atoms with Crippen LogP contribution in [-0.4, -0.2) is 47.6 Å². The number of alkyl halides is 1. The summed E-state index contributed by atoms with van der Waals surface area (Å²) in [4.78, 5) is 25.8. The van der Waals surface area contributed by atoms with Gasteiger partial charge in [-0.2, -0.15) is 0 Å². The second-order valence-corrected chi connectivity index (χ2v) is 10.5. The monoisotopic (exact) mass is 555 g/mol. The van der Waals surface area contributed by atoms with E-state index in [9.17, 15) is 19.1 Å². The first kappa shape index (κ1) is 28.3. The van der Waals surface area contributed by atoms with Gasteiger partial charge in [0.1, 0.15) is 0 Å². The molecule has 6 nitrogen and oxygen atoms in total. The molecule has 5 rings (SSSR count). The minimum atomic E-state index is -1.62. The smallest absolute Gasteiger partial charge is 0.412 e. The third-order valence-electron chi connectivity index (χ3n) is 7.60. The lowest BCUT2D eigenvalue weighted by atomic mass is 9.85. The molecule has 0 aliphatic carbocycles. The number of carbonyl (C=O) groups excluding carboxylic acids is 1. The van der Waals surface area contributed by atoms with Crippen LogP contribution in [0.2, 0.25) is 0 Å². The molecule has 0 aromatic heterocycles. The number of piperidine rings is 1. The molecule has 41 heavy (non-hydrogen) atoms. The largest absolute Gasteiger partial charge is 0.478 e. The number of hydrogen-bond donors (Lipinski definition) is 1. The molecule has 212 valence electrons. The maximum absolute atomic E-state index is 14.1. The Bertz CT molecular complexity index is 1520. The molecule has 0 bridgehead atoms. The first-order chi connectivity index (χ1) is 19.9. The third-order valence-corrected chi connectivity index (χ3v) is 7.60. The number of amides is 1. The molecular weight excluding hydrogens is 521 g/mol. The lowest BCUT2D eigenvalue weighted by Crippen LogP contribution is -2.47. The molecule has 3 atom stereocenters. The fourth-order valence-corrected chi connectivity index (χ4v) is 5.41. The Morgan fingerprint density at radius 2 is 1.71 bits per heavy atom. The standard InChI is InChI=1S/C34H34FNO5/c1-2-7-32(35)41-34(39)36-17-16-30(28-12-5-10-26(19-28)27-11-6-13-29(20-27)33(37)38)31(21-36)40-22-23-14-15-24-8-3-4-9-25(24)18-23/h3-6,8-15,18-20,30-32H,2,7,16-17,21-22H2,1H3,(H,37,38)/t30-,31+,32?/m1/s1. The minimum Gasteiger partial charge on any atom is -0.478 e. The van der Waals surface area contributed by atoms with Gasteiger partial charge in [0, 0.05) is 18.9 Å². The van der Waals surface area contributed by atoms with E-state index in [-0.39, 0.29) is 30.6 Å². The lowest BCUT2D eigenvalue weighted by molar-refractivity contribution is -0.0462. The Morgan fingerprint density at radius 3 is 2.49 bits per heavy atom. The summed E-state index contributed by atoms with van der Waals surface area (Å²) in [5.41, 5.74) is 4.00. The van der Waals surface area contributed by atoms with E-state index < -0.39 is 18.4 Å². The molecule has 1 fully saturated rings. The summed E-state index contributed by atoms with van der Waals surface area (Å²) in [5, 5.41) is 11.7. The molecule has 1 unspecified atom stereocenters. The van der Waals surface area contributed by atoms with Crippen LogP contribution in [0.3, 0.4) is 0 Å². The van der Waals surface area contributed by atoms with Crippen LogP contribution in [0.25, 0.3) is 21.9 Å². The summed E-state index contributed by atoms with van der Waals surface area (Å²) in [6.07, 6.45) is -1.28. The van der Waals surface area contributed by atoms with Crippen LogP contribution in [0.5, 0.6) is 0 Å². The quantitative estimate of drug-likeness (QED) is 0.228. The van der Waals surface area contributed by atoms with Crippen molar-refractivity contribution < 1.29 is 28.6 Å². The zero-order valence-electron chi connectivity index (χ0n) is 23.0. The van der Waals surface area contributed by atoms with Gasteiger partial charge in [-0.25, -0.2) is 14.0 Å². The van der Waals surface area contributed by atoms with Gasteiger partial charge in [-0.15, -0.1) is 0 Å². The lowest BCUT2D eigenvalue weighted by Gasteiger charge is -2.38. The summed E-state index contributed by atoms with van der Waals surface area (Å²) >= 11 is 0. The molecule has 0 saturated carbocycles. The summed E-state index contributed by atoms with van der Waals surface area (Å²) in [6, 6.07) is 29.2. The maximum atomic E-state index is 14.1. The second kappa shape index (κ2) is 13.0. The number of benzene rings is 4. The van der Waals surface area contributed by atoms with Crippen molar-refractivity contribution in [2.75, 3.05) is 13.1 Å². The first-order valence-electron chi connectivity index (χ1n) is 14.0. The second-order valence-electron chi connectivity index (χ2n) is 10.5. The van der Waals surface area contributed by atoms with Crippen LogP contribution >= 0.6 is 0 Å². The van der Waals surface area contributed by atoms with Gasteiger partial charge in [0.25, 0.3) is 0 Å². The van der Waals surface area contributed by atoms with Crippen molar-refractivity contribution in [2.45, 2.75) is 51.2 Å². The van der Waals surface area contributed by atoms with Gasteiger partial charge in [0.05, 0.1) is 24.8 Å². The average molecular weight is 556 g/mol. The number of aromatic carboxylic acids is 1. The number of fused-ring (bicyclic) bond motifs is 1. The van der Waals surface area contributed by atoms with Crippen molar-refractivity contribution in [1.82, 2.24) is 4.90 Å². The summed E-state index contributed by atoms with van der Waals surface area (Å²) in [6.45, 7) is 2.89. The molecule has 1 aliphatic rings. The van der Waals surface area contributed by atoms with Gasteiger partial charge < -0.3 is 19.5 Å². The Balaban J connectivity index is 1.39. The Kier molecular flexibility index (Phi) is 8.95. The zero-order chi connectivity index (χ0) is 28.8. The number of ether oxygens (including phenoxy) is 2. The number of likely N-dealkylation sites (tertiary alicyclic amines) is 1. The number of nitrogens with zero attached hydrogens (tertiary/aromatic N) is 1. The van der Waals surface area contributed by atoms with Crippen LogP contribution < -0.4 is 0 Å². The number of carbonyl (C=O) groups is 2. The number of hydrogen-bond acceptors (Lipinski definition) is 4. The van der Waals surface area contributed by atoms with Crippen molar-refractivity contribution in [2.24, 2.45) is 0 Å². The van der Waals surface area contributed by atoms with Gasteiger partial charge in [0.2, 0.25) is 6.36 Å². The van der Waals surface area contributed by atoms with Crippen molar-refractivity contribution in [3.05, 3.63) is 108 Å². The highest BCUT2D eigenvalue weighted by Gasteiger charge is 2.35. The summed E-state index contributed by atoms with van der Waals surface area (Å²) in [5.74, 6) is -1.00. The Morgan fingerprint density at radius 1 is 0.951 bits per heavy atom. The number of carboxylic acids is 1. The van der Waals surface area contributed by atoms with Gasteiger partial charge >= 0.3 is 12.1 Å². The fraction of sp³-hybridized carbons (Fsp3) is 0.294. The Hall–Kier alpha value is -4.23. The van der Waals surface area contributed by atoms with Gasteiger partial charge in [-0.3, -0.25) is 0 Å². The molecule has 1 saturated heterocycles. The van der Waals surface area contributed by atoms with E-state index in [1.54, 1.807) is 18.2 Å². The SMILES string of the molecule is CCCC(F)OC(=O)N1CC[C@H](c2cccc(-c3cccc(C(=O)O)c3)c2)[C@@H](OCc2ccc3ccccc3c2)C1. The Labute approximate surface area is 239 Å². The molecule has 1 aliphatic heterocycles. The minimum absolute atomic E-state index is 0.0288. The van der Waals surface area contributed by atoms with Crippen LogP contribution in [0.1, 0.15) is 53.6 Å².